The minimum atomic E-state index is -0.601. The van der Waals surface area contributed by atoms with Gasteiger partial charge in [0.25, 0.3) is 0 Å². The molecule has 0 heterocycles. The highest BCUT2D eigenvalue weighted by Gasteiger charge is 2.07. The molecule has 1 aromatic carbocycles. The van der Waals surface area contributed by atoms with Crippen molar-refractivity contribution in [3.8, 4) is 6.07 Å². The topological polar surface area (TPSA) is 62.1 Å². The van der Waals surface area contributed by atoms with E-state index in [9.17, 15) is 4.79 Å². The Morgan fingerprint density at radius 2 is 2.40 bits per heavy atom. The molecule has 0 bridgehead atoms. The molecule has 1 rings (SSSR count). The maximum absolute atomic E-state index is 11.1. The largest absolute Gasteiger partial charge is 0.450 e. The number of halogens is 1. The lowest BCUT2D eigenvalue weighted by molar-refractivity contribution is 0.168. The third kappa shape index (κ3) is 3.15. The van der Waals surface area contributed by atoms with Crippen molar-refractivity contribution in [2.24, 2.45) is 0 Å². The van der Waals surface area contributed by atoms with Crippen LogP contribution >= 0.6 is 11.6 Å². The second-order valence-electron chi connectivity index (χ2n) is 2.65. The summed E-state index contributed by atoms with van der Waals surface area (Å²) in [5.74, 6) is 0. The molecule has 1 amide bonds. The Labute approximate surface area is 92.4 Å². The van der Waals surface area contributed by atoms with Crippen LogP contribution in [0.3, 0.4) is 0 Å². The van der Waals surface area contributed by atoms with Gasteiger partial charge in [-0.3, -0.25) is 5.32 Å². The van der Waals surface area contributed by atoms with E-state index in [0.29, 0.717) is 16.3 Å². The van der Waals surface area contributed by atoms with E-state index < -0.39 is 6.09 Å². The quantitative estimate of drug-likeness (QED) is 0.840. The van der Waals surface area contributed by atoms with E-state index in [1.54, 1.807) is 13.0 Å². The van der Waals surface area contributed by atoms with Gasteiger partial charge in [-0.15, -0.1) is 0 Å². The van der Waals surface area contributed by atoms with Crippen LogP contribution in [-0.4, -0.2) is 12.7 Å². The molecular weight excluding hydrogens is 216 g/mol. The molecule has 1 aromatic rings. The number of ether oxygens (including phenoxy) is 1. The van der Waals surface area contributed by atoms with Gasteiger partial charge in [0.05, 0.1) is 17.9 Å². The second kappa shape index (κ2) is 5.23. The number of nitriles is 1. The average molecular weight is 225 g/mol. The third-order valence-corrected chi connectivity index (χ3v) is 1.85. The molecule has 0 aliphatic rings. The number of benzene rings is 1. The summed E-state index contributed by atoms with van der Waals surface area (Å²) in [5.41, 5.74) is 0.691. The average Bonchev–Trinajstić information content (AvgIpc) is 2.18. The summed E-state index contributed by atoms with van der Waals surface area (Å²) >= 11 is 5.73. The van der Waals surface area contributed by atoms with Crippen LogP contribution in [0.1, 0.15) is 12.5 Å². The lowest BCUT2D eigenvalue weighted by Gasteiger charge is -2.06. The van der Waals surface area contributed by atoms with Gasteiger partial charge in [-0.05, 0) is 25.1 Å². The van der Waals surface area contributed by atoms with Gasteiger partial charge in [0.15, 0.2) is 0 Å². The van der Waals surface area contributed by atoms with Gasteiger partial charge >= 0.3 is 6.09 Å². The maximum Gasteiger partial charge on any atom is 0.411 e. The first-order chi connectivity index (χ1) is 7.17. The number of amides is 1. The van der Waals surface area contributed by atoms with Crippen molar-refractivity contribution in [1.82, 2.24) is 0 Å². The molecule has 0 spiro atoms. The van der Waals surface area contributed by atoms with Crippen LogP contribution in [0.5, 0.6) is 0 Å². The fourth-order valence-corrected chi connectivity index (χ4v) is 1.17. The summed E-state index contributed by atoms with van der Waals surface area (Å²) in [5, 5.41) is 11.6. The highest BCUT2D eigenvalue weighted by atomic mass is 35.5. The molecule has 0 fully saturated rings. The van der Waals surface area contributed by atoms with Crippen LogP contribution in [0.25, 0.3) is 0 Å². The summed E-state index contributed by atoms with van der Waals surface area (Å²) in [4.78, 5) is 11.1. The number of carbonyl (C=O) groups is 1. The van der Waals surface area contributed by atoms with E-state index in [0.717, 1.165) is 0 Å². The van der Waals surface area contributed by atoms with Gasteiger partial charge in [0.2, 0.25) is 0 Å². The molecule has 5 heteroatoms. The Morgan fingerprint density at radius 3 is 3.00 bits per heavy atom. The number of anilines is 1. The third-order valence-electron chi connectivity index (χ3n) is 1.61. The standard InChI is InChI=1S/C10H9ClN2O2/c1-2-15-10(14)13-9-5-8(11)4-3-7(9)6-12/h3-5H,2H2,1H3,(H,13,14). The van der Waals surface area contributed by atoms with Crippen LogP contribution in [0, 0.1) is 11.3 Å². The van der Waals surface area contributed by atoms with Crippen molar-refractivity contribution in [3.05, 3.63) is 28.8 Å². The maximum atomic E-state index is 11.1. The first kappa shape index (κ1) is 11.3. The molecular formula is C10H9ClN2O2. The smallest absolute Gasteiger partial charge is 0.411 e. The van der Waals surface area contributed by atoms with Crippen LogP contribution in [0.2, 0.25) is 5.02 Å². The van der Waals surface area contributed by atoms with Crippen molar-refractivity contribution >= 4 is 23.4 Å². The molecule has 78 valence electrons. The Hall–Kier alpha value is -1.73. The number of nitrogens with zero attached hydrogens (tertiary/aromatic N) is 1. The van der Waals surface area contributed by atoms with E-state index >= 15 is 0 Å². The predicted octanol–water partition coefficient (Wildman–Crippen LogP) is 2.78. The minimum Gasteiger partial charge on any atom is -0.450 e. The summed E-state index contributed by atoms with van der Waals surface area (Å²) in [7, 11) is 0. The minimum absolute atomic E-state index is 0.272. The van der Waals surface area contributed by atoms with E-state index in [1.165, 1.54) is 12.1 Å². The van der Waals surface area contributed by atoms with E-state index in [1.807, 2.05) is 6.07 Å². The monoisotopic (exact) mass is 224 g/mol. The number of carbonyl (C=O) groups excluding carboxylic acids is 1. The number of hydrogen-bond acceptors (Lipinski definition) is 3. The molecule has 0 atom stereocenters. The van der Waals surface area contributed by atoms with Crippen LogP contribution in [0.15, 0.2) is 18.2 Å². The molecule has 0 radical (unpaired) electrons. The summed E-state index contributed by atoms with van der Waals surface area (Å²) in [6.45, 7) is 1.97. The zero-order chi connectivity index (χ0) is 11.3. The molecule has 0 saturated carbocycles. The molecule has 15 heavy (non-hydrogen) atoms. The lowest BCUT2D eigenvalue weighted by Crippen LogP contribution is -2.14. The van der Waals surface area contributed by atoms with Crippen LogP contribution in [-0.2, 0) is 4.74 Å². The normalized spacial score (nSPS) is 9.13. The molecule has 0 aliphatic carbocycles. The van der Waals surface area contributed by atoms with E-state index in [-0.39, 0.29) is 6.61 Å². The Morgan fingerprint density at radius 1 is 1.67 bits per heavy atom. The lowest BCUT2D eigenvalue weighted by atomic mass is 10.2. The summed E-state index contributed by atoms with van der Waals surface area (Å²) in [6.07, 6.45) is -0.601. The zero-order valence-electron chi connectivity index (χ0n) is 8.08. The summed E-state index contributed by atoms with van der Waals surface area (Å²) < 4.78 is 4.68. The Kier molecular flexibility index (Phi) is 3.95. The number of rotatable bonds is 2. The molecule has 0 aromatic heterocycles. The molecule has 0 saturated heterocycles. The highest BCUT2D eigenvalue weighted by Crippen LogP contribution is 2.20. The first-order valence-corrected chi connectivity index (χ1v) is 4.68. The van der Waals surface area contributed by atoms with Crippen molar-refractivity contribution < 1.29 is 9.53 Å². The molecule has 0 aliphatic heterocycles. The Bertz CT molecular complexity index is 412. The zero-order valence-corrected chi connectivity index (χ0v) is 8.84. The van der Waals surface area contributed by atoms with Crippen LogP contribution in [0.4, 0.5) is 10.5 Å². The molecule has 0 unspecified atom stereocenters. The number of hydrogen-bond donors (Lipinski definition) is 1. The number of nitrogens with one attached hydrogen (secondary N) is 1. The Balaban J connectivity index is 2.88. The fourth-order valence-electron chi connectivity index (χ4n) is 0.995. The highest BCUT2D eigenvalue weighted by molar-refractivity contribution is 6.31. The van der Waals surface area contributed by atoms with Crippen molar-refractivity contribution in [2.75, 3.05) is 11.9 Å². The van der Waals surface area contributed by atoms with Crippen LogP contribution < -0.4 is 5.32 Å². The molecule has 4 nitrogen and oxygen atoms in total. The van der Waals surface area contributed by atoms with E-state index in [2.05, 4.69) is 10.1 Å². The van der Waals surface area contributed by atoms with Gasteiger partial charge in [-0.25, -0.2) is 4.79 Å². The first-order valence-electron chi connectivity index (χ1n) is 4.30. The second-order valence-corrected chi connectivity index (χ2v) is 3.08. The van der Waals surface area contributed by atoms with Gasteiger partial charge in [0, 0.05) is 5.02 Å². The van der Waals surface area contributed by atoms with Gasteiger partial charge < -0.3 is 4.74 Å². The van der Waals surface area contributed by atoms with E-state index in [4.69, 9.17) is 16.9 Å². The molecule has 1 N–H and O–H groups in total. The van der Waals surface area contributed by atoms with Gasteiger partial charge in [0.1, 0.15) is 6.07 Å². The van der Waals surface area contributed by atoms with Crippen molar-refractivity contribution in [2.45, 2.75) is 6.92 Å². The SMILES string of the molecule is CCOC(=O)Nc1cc(Cl)ccc1C#N. The van der Waals surface area contributed by atoms with Gasteiger partial charge in [-0.1, -0.05) is 11.6 Å². The fraction of sp³-hybridized carbons (Fsp3) is 0.200. The van der Waals surface area contributed by atoms with Crippen molar-refractivity contribution in [1.29, 1.82) is 5.26 Å². The van der Waals surface area contributed by atoms with Crippen molar-refractivity contribution in [3.63, 3.8) is 0 Å². The predicted molar refractivity (Wildman–Crippen MR) is 56.8 cm³/mol. The summed E-state index contributed by atoms with van der Waals surface area (Å²) in [6, 6.07) is 6.55. The van der Waals surface area contributed by atoms with Gasteiger partial charge in [-0.2, -0.15) is 5.26 Å².